The predicted octanol–water partition coefficient (Wildman–Crippen LogP) is 6.44. The average Bonchev–Trinajstić information content (AvgIpc) is 2.99. The topological polar surface area (TPSA) is 64.3 Å². The molecule has 0 bridgehead atoms. The van der Waals surface area contributed by atoms with Gasteiger partial charge in [-0.1, -0.05) is 45.7 Å². The molecule has 7 heteroatoms. The van der Waals surface area contributed by atoms with Gasteiger partial charge in [0.1, 0.15) is 16.7 Å². The first-order chi connectivity index (χ1) is 12.5. The van der Waals surface area contributed by atoms with E-state index in [-0.39, 0.29) is 6.10 Å². The van der Waals surface area contributed by atoms with Gasteiger partial charge in [-0.25, -0.2) is 0 Å². The van der Waals surface area contributed by atoms with E-state index in [0.717, 1.165) is 27.0 Å². The third-order valence-corrected chi connectivity index (χ3v) is 5.55. The maximum absolute atomic E-state index is 11.4. The van der Waals surface area contributed by atoms with E-state index in [1.54, 1.807) is 6.07 Å². The van der Waals surface area contributed by atoms with Gasteiger partial charge in [0.25, 0.3) is 0 Å². The molecule has 26 heavy (non-hydrogen) atoms. The van der Waals surface area contributed by atoms with Crippen LogP contribution in [0, 0.1) is 0 Å². The standard InChI is InChI=1S/C19H16BrClN2O2S/c1-11(13-4-2-3-5-14(13)21)25-17-9-19(26-18(17)10-24)23-16-7-6-12(20)8-15(16)22/h2-11,23H,22H2,1H3/t11-/m1/s1. The van der Waals surface area contributed by atoms with E-state index in [1.165, 1.54) is 11.3 Å². The van der Waals surface area contributed by atoms with Crippen molar-refractivity contribution in [2.45, 2.75) is 13.0 Å². The number of nitrogen functional groups attached to an aromatic ring is 1. The van der Waals surface area contributed by atoms with Crippen LogP contribution in [0.5, 0.6) is 5.75 Å². The molecule has 134 valence electrons. The van der Waals surface area contributed by atoms with Gasteiger partial charge in [-0.3, -0.25) is 4.79 Å². The van der Waals surface area contributed by atoms with Gasteiger partial charge in [-0.05, 0) is 31.2 Å². The number of hydrogen-bond donors (Lipinski definition) is 2. The monoisotopic (exact) mass is 450 g/mol. The molecule has 0 aliphatic rings. The molecule has 3 rings (SSSR count). The van der Waals surface area contributed by atoms with Crippen LogP contribution in [-0.2, 0) is 0 Å². The SMILES string of the molecule is C[C@@H](Oc1cc(Nc2ccc(Br)cc2N)sc1C=O)c1ccccc1Cl. The maximum atomic E-state index is 11.4. The second kappa shape index (κ2) is 8.12. The molecule has 3 aromatic rings. The summed E-state index contributed by atoms with van der Waals surface area (Å²) < 4.78 is 6.89. The Hall–Kier alpha value is -2.02. The molecule has 1 aromatic heterocycles. The number of aldehydes is 1. The number of nitrogens with two attached hydrogens (primary N) is 1. The zero-order valence-electron chi connectivity index (χ0n) is 13.8. The molecule has 1 atom stereocenters. The predicted molar refractivity (Wildman–Crippen MR) is 112 cm³/mol. The normalized spacial score (nSPS) is 11.8. The Morgan fingerprint density at radius 1 is 1.27 bits per heavy atom. The largest absolute Gasteiger partial charge is 0.484 e. The number of carbonyl (C=O) groups excluding carboxylic acids is 1. The highest BCUT2D eigenvalue weighted by atomic mass is 79.9. The van der Waals surface area contributed by atoms with Crippen LogP contribution in [0.25, 0.3) is 0 Å². The lowest BCUT2D eigenvalue weighted by atomic mass is 10.1. The van der Waals surface area contributed by atoms with Gasteiger partial charge in [0, 0.05) is 21.1 Å². The Bertz CT molecular complexity index is 945. The highest BCUT2D eigenvalue weighted by Gasteiger charge is 2.16. The first-order valence-electron chi connectivity index (χ1n) is 7.80. The summed E-state index contributed by atoms with van der Waals surface area (Å²) in [5.41, 5.74) is 8.25. The van der Waals surface area contributed by atoms with Crippen LogP contribution in [0.2, 0.25) is 5.02 Å². The fourth-order valence-corrected chi connectivity index (χ4v) is 3.95. The van der Waals surface area contributed by atoms with Crippen molar-refractivity contribution in [1.82, 2.24) is 0 Å². The van der Waals surface area contributed by atoms with Gasteiger partial charge in [0.2, 0.25) is 0 Å². The number of thiophene rings is 1. The number of anilines is 3. The van der Waals surface area contributed by atoms with E-state index in [9.17, 15) is 4.79 Å². The molecule has 2 aromatic carbocycles. The van der Waals surface area contributed by atoms with Crippen LogP contribution in [0.1, 0.15) is 28.3 Å². The minimum atomic E-state index is -0.289. The smallest absolute Gasteiger partial charge is 0.163 e. The van der Waals surface area contributed by atoms with Gasteiger partial charge in [-0.15, -0.1) is 11.3 Å². The zero-order valence-corrected chi connectivity index (χ0v) is 17.0. The van der Waals surface area contributed by atoms with Crippen molar-refractivity contribution in [2.24, 2.45) is 0 Å². The Morgan fingerprint density at radius 3 is 2.73 bits per heavy atom. The molecule has 0 amide bonds. The number of carbonyl (C=O) groups is 1. The Kier molecular flexibility index (Phi) is 5.86. The lowest BCUT2D eigenvalue weighted by molar-refractivity contribution is 0.112. The van der Waals surface area contributed by atoms with Crippen molar-refractivity contribution in [3.8, 4) is 5.75 Å². The third kappa shape index (κ3) is 4.20. The molecule has 0 aliphatic carbocycles. The van der Waals surface area contributed by atoms with Crippen LogP contribution in [0.3, 0.4) is 0 Å². The number of hydrogen-bond acceptors (Lipinski definition) is 5. The summed E-state index contributed by atoms with van der Waals surface area (Å²) in [6, 6.07) is 14.9. The van der Waals surface area contributed by atoms with Crippen LogP contribution in [-0.4, -0.2) is 6.29 Å². The van der Waals surface area contributed by atoms with Crippen molar-refractivity contribution in [3.05, 3.63) is 68.5 Å². The van der Waals surface area contributed by atoms with E-state index in [4.69, 9.17) is 22.1 Å². The quantitative estimate of drug-likeness (QED) is 0.334. The Balaban J connectivity index is 1.82. The van der Waals surface area contributed by atoms with E-state index < -0.39 is 0 Å². The van der Waals surface area contributed by atoms with E-state index in [2.05, 4.69) is 21.2 Å². The number of nitrogens with one attached hydrogen (secondary N) is 1. The number of ether oxygens (including phenoxy) is 1. The fourth-order valence-electron chi connectivity index (χ4n) is 2.46. The van der Waals surface area contributed by atoms with E-state index in [1.807, 2.05) is 49.4 Å². The Morgan fingerprint density at radius 2 is 2.04 bits per heavy atom. The first kappa shape index (κ1) is 18.8. The van der Waals surface area contributed by atoms with Crippen LogP contribution < -0.4 is 15.8 Å². The Labute approximate surface area is 169 Å². The van der Waals surface area contributed by atoms with Crippen LogP contribution in [0.4, 0.5) is 16.4 Å². The molecular weight excluding hydrogens is 436 g/mol. The summed E-state index contributed by atoms with van der Waals surface area (Å²) in [6.07, 6.45) is 0.498. The van der Waals surface area contributed by atoms with Gasteiger partial charge in [0.05, 0.1) is 16.4 Å². The molecule has 4 nitrogen and oxygen atoms in total. The zero-order chi connectivity index (χ0) is 18.7. The number of halogens is 2. The summed E-state index contributed by atoms with van der Waals surface area (Å²) in [4.78, 5) is 11.9. The lowest BCUT2D eigenvalue weighted by Crippen LogP contribution is -2.04. The molecular formula is C19H16BrClN2O2S. The number of benzene rings is 2. The average molecular weight is 452 g/mol. The van der Waals surface area contributed by atoms with Crippen molar-refractivity contribution < 1.29 is 9.53 Å². The van der Waals surface area contributed by atoms with Gasteiger partial charge in [0.15, 0.2) is 6.29 Å². The highest BCUT2D eigenvalue weighted by molar-refractivity contribution is 9.10. The molecule has 0 fully saturated rings. The summed E-state index contributed by atoms with van der Waals surface area (Å²) in [7, 11) is 0. The first-order valence-corrected chi connectivity index (χ1v) is 9.79. The van der Waals surface area contributed by atoms with Gasteiger partial charge in [-0.2, -0.15) is 0 Å². The van der Waals surface area contributed by atoms with Crippen molar-refractivity contribution >= 4 is 61.5 Å². The summed E-state index contributed by atoms with van der Waals surface area (Å²) in [5, 5.41) is 4.62. The summed E-state index contributed by atoms with van der Waals surface area (Å²) in [6.45, 7) is 1.90. The summed E-state index contributed by atoms with van der Waals surface area (Å²) >= 11 is 10.9. The molecule has 0 radical (unpaired) electrons. The van der Waals surface area contributed by atoms with Crippen LogP contribution >= 0.6 is 38.9 Å². The van der Waals surface area contributed by atoms with E-state index in [0.29, 0.717) is 21.3 Å². The fraction of sp³-hybridized carbons (Fsp3) is 0.105. The van der Waals surface area contributed by atoms with Gasteiger partial charge >= 0.3 is 0 Å². The minimum absolute atomic E-state index is 0.289. The van der Waals surface area contributed by atoms with Crippen LogP contribution in [0.15, 0.2) is 53.0 Å². The highest BCUT2D eigenvalue weighted by Crippen LogP contribution is 2.38. The molecule has 0 aliphatic heterocycles. The second-order valence-electron chi connectivity index (χ2n) is 5.60. The molecule has 0 spiro atoms. The number of rotatable bonds is 6. The molecule has 0 saturated heterocycles. The molecule has 3 N–H and O–H groups in total. The van der Waals surface area contributed by atoms with Crippen molar-refractivity contribution in [3.63, 3.8) is 0 Å². The molecule has 0 saturated carbocycles. The summed E-state index contributed by atoms with van der Waals surface area (Å²) in [5.74, 6) is 0.510. The second-order valence-corrected chi connectivity index (χ2v) is 8.00. The molecule has 0 unspecified atom stereocenters. The molecule has 1 heterocycles. The lowest BCUT2D eigenvalue weighted by Gasteiger charge is -2.15. The van der Waals surface area contributed by atoms with Crippen molar-refractivity contribution in [2.75, 3.05) is 11.1 Å². The van der Waals surface area contributed by atoms with E-state index >= 15 is 0 Å². The van der Waals surface area contributed by atoms with Crippen molar-refractivity contribution in [1.29, 1.82) is 0 Å². The third-order valence-electron chi connectivity index (χ3n) is 3.75. The maximum Gasteiger partial charge on any atom is 0.163 e. The minimum Gasteiger partial charge on any atom is -0.484 e. The van der Waals surface area contributed by atoms with Gasteiger partial charge < -0.3 is 15.8 Å².